The maximum atomic E-state index is 13.2. The first-order valence-electron chi connectivity index (χ1n) is 10.9. The average Bonchev–Trinajstić information content (AvgIpc) is 2.81. The van der Waals surface area contributed by atoms with Crippen LogP contribution in [-0.2, 0) is 4.79 Å². The van der Waals surface area contributed by atoms with E-state index in [0.29, 0.717) is 56.0 Å². The molecule has 2 amide bonds. The Morgan fingerprint density at radius 1 is 1.06 bits per heavy atom. The Hall–Kier alpha value is -3.16. The van der Waals surface area contributed by atoms with Gasteiger partial charge >= 0.3 is 6.61 Å². The van der Waals surface area contributed by atoms with Gasteiger partial charge in [0.2, 0.25) is 5.91 Å². The minimum absolute atomic E-state index is 0.0405. The van der Waals surface area contributed by atoms with Crippen LogP contribution in [0.2, 0.25) is 0 Å². The number of carbonyl (C=O) groups excluding carboxylic acids is 2. The van der Waals surface area contributed by atoms with Gasteiger partial charge in [-0.3, -0.25) is 9.59 Å². The third kappa shape index (κ3) is 5.75. The summed E-state index contributed by atoms with van der Waals surface area (Å²) in [6.07, 6.45) is 1.31. The monoisotopic (exact) mass is 445 g/mol. The highest BCUT2D eigenvalue weighted by molar-refractivity contribution is 6.00. The molecule has 2 aromatic carbocycles. The molecular weight excluding hydrogens is 416 g/mol. The van der Waals surface area contributed by atoms with E-state index in [1.807, 2.05) is 24.8 Å². The van der Waals surface area contributed by atoms with Crippen LogP contribution in [0.4, 0.5) is 20.2 Å². The van der Waals surface area contributed by atoms with Gasteiger partial charge in [-0.05, 0) is 63.1 Å². The van der Waals surface area contributed by atoms with Gasteiger partial charge < -0.3 is 19.9 Å². The van der Waals surface area contributed by atoms with Gasteiger partial charge in [0.15, 0.2) is 0 Å². The molecule has 1 saturated heterocycles. The van der Waals surface area contributed by atoms with Crippen molar-refractivity contribution in [3.63, 3.8) is 0 Å². The number of hydrogen-bond acceptors (Lipinski definition) is 4. The van der Waals surface area contributed by atoms with Gasteiger partial charge in [0.25, 0.3) is 5.91 Å². The van der Waals surface area contributed by atoms with Crippen molar-refractivity contribution >= 4 is 23.2 Å². The predicted molar refractivity (Wildman–Crippen MR) is 119 cm³/mol. The highest BCUT2D eigenvalue weighted by Crippen LogP contribution is 2.27. The lowest BCUT2D eigenvalue weighted by Crippen LogP contribution is -2.44. The Labute approximate surface area is 187 Å². The Bertz CT molecular complexity index is 909. The van der Waals surface area contributed by atoms with Crippen molar-refractivity contribution in [1.82, 2.24) is 9.80 Å². The molecule has 0 aromatic heterocycles. The van der Waals surface area contributed by atoms with E-state index in [1.165, 1.54) is 12.1 Å². The lowest BCUT2D eigenvalue weighted by Gasteiger charge is -2.34. The molecule has 0 spiro atoms. The second-order valence-corrected chi connectivity index (χ2v) is 7.65. The molecule has 1 heterocycles. The molecule has 0 saturated carbocycles. The van der Waals surface area contributed by atoms with Gasteiger partial charge in [-0.25, -0.2) is 0 Å². The maximum Gasteiger partial charge on any atom is 0.387 e. The summed E-state index contributed by atoms with van der Waals surface area (Å²) >= 11 is 0. The number of likely N-dealkylation sites (tertiary alicyclic amines) is 1. The number of piperidine rings is 1. The summed E-state index contributed by atoms with van der Waals surface area (Å²) in [6, 6.07) is 13.3. The molecule has 32 heavy (non-hydrogen) atoms. The van der Waals surface area contributed by atoms with Crippen molar-refractivity contribution < 1.29 is 23.1 Å². The van der Waals surface area contributed by atoms with E-state index in [4.69, 9.17) is 0 Å². The average molecular weight is 446 g/mol. The third-order valence-corrected chi connectivity index (χ3v) is 5.72. The van der Waals surface area contributed by atoms with Crippen molar-refractivity contribution in [1.29, 1.82) is 0 Å². The van der Waals surface area contributed by atoms with Crippen LogP contribution >= 0.6 is 0 Å². The van der Waals surface area contributed by atoms with Gasteiger partial charge in [0.1, 0.15) is 5.75 Å². The van der Waals surface area contributed by atoms with Crippen molar-refractivity contribution in [3.8, 4) is 5.75 Å². The number of benzene rings is 2. The summed E-state index contributed by atoms with van der Waals surface area (Å²) in [5, 5.41) is 3.18. The molecule has 0 unspecified atom stereocenters. The zero-order valence-electron chi connectivity index (χ0n) is 18.4. The highest BCUT2D eigenvalue weighted by atomic mass is 19.3. The molecule has 6 nitrogen and oxygen atoms in total. The SMILES string of the molecule is CCN(CC)C(=O)C1CCN(C(=O)c2ccccc2Nc2ccc(OC(F)F)cc2)CC1. The summed E-state index contributed by atoms with van der Waals surface area (Å²) in [7, 11) is 0. The number of hydrogen-bond donors (Lipinski definition) is 1. The number of para-hydroxylation sites is 1. The first-order chi connectivity index (χ1) is 15.4. The van der Waals surface area contributed by atoms with Gasteiger partial charge in [0, 0.05) is 37.8 Å². The van der Waals surface area contributed by atoms with Crippen LogP contribution in [0.1, 0.15) is 37.0 Å². The van der Waals surface area contributed by atoms with Crippen LogP contribution in [0, 0.1) is 5.92 Å². The quantitative estimate of drug-likeness (QED) is 0.637. The largest absolute Gasteiger partial charge is 0.435 e. The molecule has 1 fully saturated rings. The number of alkyl halides is 2. The minimum atomic E-state index is -2.88. The van der Waals surface area contributed by atoms with E-state index in [2.05, 4.69) is 10.1 Å². The number of ether oxygens (including phenoxy) is 1. The second kappa shape index (κ2) is 10.9. The maximum absolute atomic E-state index is 13.2. The Morgan fingerprint density at radius 3 is 2.28 bits per heavy atom. The van der Waals surface area contributed by atoms with Crippen molar-refractivity contribution in [2.24, 2.45) is 5.92 Å². The van der Waals surface area contributed by atoms with Gasteiger partial charge in [-0.15, -0.1) is 0 Å². The molecule has 8 heteroatoms. The molecular formula is C24H29F2N3O3. The Kier molecular flexibility index (Phi) is 8.03. The van der Waals surface area contributed by atoms with Crippen molar-refractivity contribution in [2.45, 2.75) is 33.3 Å². The molecule has 2 aromatic rings. The van der Waals surface area contributed by atoms with E-state index in [1.54, 1.807) is 35.2 Å². The fourth-order valence-electron chi connectivity index (χ4n) is 3.95. The summed E-state index contributed by atoms with van der Waals surface area (Å²) in [5.41, 5.74) is 1.80. The predicted octanol–water partition coefficient (Wildman–Crippen LogP) is 4.75. The van der Waals surface area contributed by atoms with Gasteiger partial charge in [-0.1, -0.05) is 12.1 Å². The molecule has 1 aliphatic heterocycles. The van der Waals surface area contributed by atoms with Crippen LogP contribution in [0.25, 0.3) is 0 Å². The van der Waals surface area contributed by atoms with Crippen LogP contribution in [0.15, 0.2) is 48.5 Å². The second-order valence-electron chi connectivity index (χ2n) is 7.65. The van der Waals surface area contributed by atoms with Gasteiger partial charge in [0.05, 0.1) is 11.3 Å². The van der Waals surface area contributed by atoms with E-state index >= 15 is 0 Å². The van der Waals surface area contributed by atoms with E-state index < -0.39 is 6.61 Å². The number of halogens is 2. The number of carbonyl (C=O) groups is 2. The zero-order chi connectivity index (χ0) is 23.1. The Morgan fingerprint density at radius 2 is 1.69 bits per heavy atom. The first kappa shape index (κ1) is 23.5. The molecule has 0 bridgehead atoms. The summed E-state index contributed by atoms with van der Waals surface area (Å²) in [5.74, 6) is 0.0984. The van der Waals surface area contributed by atoms with E-state index in [-0.39, 0.29) is 23.5 Å². The van der Waals surface area contributed by atoms with Crippen LogP contribution in [-0.4, -0.2) is 54.4 Å². The number of nitrogens with one attached hydrogen (secondary N) is 1. The highest BCUT2D eigenvalue weighted by Gasteiger charge is 2.30. The lowest BCUT2D eigenvalue weighted by atomic mass is 9.94. The van der Waals surface area contributed by atoms with Crippen LogP contribution in [0.3, 0.4) is 0 Å². The molecule has 3 rings (SSSR count). The number of anilines is 2. The van der Waals surface area contributed by atoms with Crippen LogP contribution < -0.4 is 10.1 Å². The molecule has 0 atom stereocenters. The molecule has 1 aliphatic rings. The topological polar surface area (TPSA) is 61.9 Å². The number of rotatable bonds is 8. The molecule has 0 radical (unpaired) electrons. The van der Waals surface area contributed by atoms with E-state index in [0.717, 1.165) is 0 Å². The summed E-state index contributed by atoms with van der Waals surface area (Å²) in [6.45, 7) is 3.53. The normalized spacial score (nSPS) is 14.3. The summed E-state index contributed by atoms with van der Waals surface area (Å²) < 4.78 is 29.0. The van der Waals surface area contributed by atoms with Crippen LogP contribution in [0.5, 0.6) is 5.75 Å². The lowest BCUT2D eigenvalue weighted by molar-refractivity contribution is -0.136. The zero-order valence-corrected chi connectivity index (χ0v) is 18.4. The smallest absolute Gasteiger partial charge is 0.387 e. The number of nitrogens with zero attached hydrogens (tertiary/aromatic N) is 2. The summed E-state index contributed by atoms with van der Waals surface area (Å²) in [4.78, 5) is 29.4. The van der Waals surface area contributed by atoms with Crippen molar-refractivity contribution in [3.05, 3.63) is 54.1 Å². The Balaban J connectivity index is 1.65. The first-order valence-corrected chi connectivity index (χ1v) is 10.9. The van der Waals surface area contributed by atoms with Gasteiger partial charge in [-0.2, -0.15) is 8.78 Å². The number of amides is 2. The molecule has 172 valence electrons. The minimum Gasteiger partial charge on any atom is -0.435 e. The van der Waals surface area contributed by atoms with E-state index in [9.17, 15) is 18.4 Å². The fraction of sp³-hybridized carbons (Fsp3) is 0.417. The standard InChI is InChI=1S/C24H29F2N3O3/c1-3-28(4-2)22(30)17-13-15-29(16-14-17)23(31)20-7-5-6-8-21(20)27-18-9-11-19(12-10-18)32-24(25)26/h5-12,17,24,27H,3-4,13-16H2,1-2H3. The molecule has 1 N–H and O–H groups in total. The molecule has 0 aliphatic carbocycles. The third-order valence-electron chi connectivity index (χ3n) is 5.72. The van der Waals surface area contributed by atoms with Crippen molar-refractivity contribution in [2.75, 3.05) is 31.5 Å². The fourth-order valence-corrected chi connectivity index (χ4v) is 3.95.